The predicted molar refractivity (Wildman–Crippen MR) is 143 cm³/mol. The molecular weight excluding hydrogens is 412 g/mol. The van der Waals surface area contributed by atoms with Crippen molar-refractivity contribution < 1.29 is 0 Å². The third-order valence-electron chi connectivity index (χ3n) is 7.80. The summed E-state index contributed by atoms with van der Waals surface area (Å²) in [6.07, 6.45) is 17.7. The van der Waals surface area contributed by atoms with Gasteiger partial charge in [-0.25, -0.2) is 0 Å². The second-order valence-corrected chi connectivity index (χ2v) is 10.3. The van der Waals surface area contributed by atoms with Crippen molar-refractivity contribution in [2.75, 3.05) is 0 Å². The topological polar surface area (TPSA) is 47.6 Å². The molecule has 0 spiro atoms. The van der Waals surface area contributed by atoms with E-state index in [-0.39, 0.29) is 0 Å². The number of benzene rings is 2. The minimum absolute atomic E-state index is 0.410. The number of nitrogens with zero attached hydrogens (tertiary/aromatic N) is 2. The molecule has 0 bridgehead atoms. The Kier molecular flexibility index (Phi) is 10.7. The van der Waals surface area contributed by atoms with Gasteiger partial charge in [0, 0.05) is 5.56 Å². The third-order valence-corrected chi connectivity index (χ3v) is 7.80. The van der Waals surface area contributed by atoms with Crippen LogP contribution in [0.2, 0.25) is 0 Å². The van der Waals surface area contributed by atoms with Gasteiger partial charge < -0.3 is 0 Å². The van der Waals surface area contributed by atoms with Gasteiger partial charge in [0.05, 0.1) is 11.1 Å². The van der Waals surface area contributed by atoms with Gasteiger partial charge >= 0.3 is 0 Å². The van der Waals surface area contributed by atoms with Crippen LogP contribution in [0.5, 0.6) is 0 Å². The molecule has 0 atom stereocenters. The van der Waals surface area contributed by atoms with Crippen LogP contribution < -0.4 is 0 Å². The van der Waals surface area contributed by atoms with Crippen LogP contribution in [0.4, 0.5) is 0 Å². The Balaban J connectivity index is 1.70. The van der Waals surface area contributed by atoms with Crippen LogP contribution in [-0.2, 0) is 6.42 Å². The van der Waals surface area contributed by atoms with Crippen molar-refractivity contribution >= 4 is 0 Å². The molecule has 2 aromatic carbocycles. The molecule has 0 heterocycles. The summed E-state index contributed by atoms with van der Waals surface area (Å²) in [5.41, 5.74) is 5.54. The molecule has 1 fully saturated rings. The van der Waals surface area contributed by atoms with Gasteiger partial charge in [-0.05, 0) is 67.1 Å². The zero-order valence-corrected chi connectivity index (χ0v) is 21.4. The van der Waals surface area contributed by atoms with E-state index in [4.69, 9.17) is 0 Å². The minimum Gasteiger partial charge on any atom is -0.192 e. The smallest absolute Gasteiger partial charge is 0.101 e. The highest BCUT2D eigenvalue weighted by molar-refractivity contribution is 5.75. The van der Waals surface area contributed by atoms with Crippen LogP contribution in [0.1, 0.15) is 125 Å². The van der Waals surface area contributed by atoms with E-state index in [0.717, 1.165) is 41.9 Å². The molecule has 0 aromatic heterocycles. The maximum absolute atomic E-state index is 10.0. The van der Waals surface area contributed by atoms with Gasteiger partial charge in [-0.2, -0.15) is 10.5 Å². The molecule has 0 radical (unpaired) electrons. The van der Waals surface area contributed by atoms with E-state index in [9.17, 15) is 10.5 Å². The van der Waals surface area contributed by atoms with Gasteiger partial charge in [0.25, 0.3) is 0 Å². The summed E-state index contributed by atoms with van der Waals surface area (Å²) < 4.78 is 0. The lowest BCUT2D eigenvalue weighted by molar-refractivity contribution is 0.302. The largest absolute Gasteiger partial charge is 0.192 e. The molecule has 2 aromatic rings. The fourth-order valence-electron chi connectivity index (χ4n) is 5.66. The van der Waals surface area contributed by atoms with Crippen LogP contribution in [0.15, 0.2) is 36.4 Å². The number of rotatable bonds is 12. The first-order valence-corrected chi connectivity index (χ1v) is 13.8. The van der Waals surface area contributed by atoms with Gasteiger partial charge in [-0.1, -0.05) is 102 Å². The molecule has 0 unspecified atom stereocenters. The van der Waals surface area contributed by atoms with Crippen molar-refractivity contribution in [1.29, 1.82) is 10.5 Å². The van der Waals surface area contributed by atoms with Crippen molar-refractivity contribution in [2.24, 2.45) is 5.92 Å². The molecule has 3 rings (SSSR count). The highest BCUT2D eigenvalue weighted by atomic mass is 14.3. The zero-order valence-electron chi connectivity index (χ0n) is 21.4. The highest BCUT2D eigenvalue weighted by Gasteiger charge is 2.26. The van der Waals surface area contributed by atoms with Crippen molar-refractivity contribution in [3.8, 4) is 23.3 Å². The van der Waals surface area contributed by atoms with E-state index < -0.39 is 0 Å². The number of hydrogen-bond acceptors (Lipinski definition) is 2. The van der Waals surface area contributed by atoms with Gasteiger partial charge in [0.1, 0.15) is 12.1 Å². The maximum Gasteiger partial charge on any atom is 0.101 e. The molecule has 2 heteroatoms. The van der Waals surface area contributed by atoms with E-state index >= 15 is 0 Å². The fourth-order valence-corrected chi connectivity index (χ4v) is 5.66. The van der Waals surface area contributed by atoms with Crippen LogP contribution in [0.25, 0.3) is 11.1 Å². The summed E-state index contributed by atoms with van der Waals surface area (Å²) in [5, 5.41) is 20.0. The molecule has 1 saturated carbocycles. The van der Waals surface area contributed by atoms with Crippen LogP contribution in [-0.4, -0.2) is 0 Å². The number of hydrogen-bond donors (Lipinski definition) is 0. The highest BCUT2D eigenvalue weighted by Crippen LogP contribution is 2.41. The van der Waals surface area contributed by atoms with E-state index in [2.05, 4.69) is 62.4 Å². The lowest BCUT2D eigenvalue weighted by Gasteiger charge is -2.29. The lowest BCUT2D eigenvalue weighted by Crippen LogP contribution is -2.15. The quantitative estimate of drug-likeness (QED) is 0.300. The molecule has 0 N–H and O–H groups in total. The Morgan fingerprint density at radius 2 is 1.35 bits per heavy atom. The Morgan fingerprint density at radius 3 is 2.00 bits per heavy atom. The second-order valence-electron chi connectivity index (χ2n) is 10.3. The van der Waals surface area contributed by atoms with Crippen LogP contribution >= 0.6 is 0 Å². The maximum atomic E-state index is 10.0. The van der Waals surface area contributed by atoms with Gasteiger partial charge in [0.2, 0.25) is 0 Å². The molecule has 180 valence electrons. The summed E-state index contributed by atoms with van der Waals surface area (Å²) >= 11 is 0. The molecule has 0 aliphatic heterocycles. The third kappa shape index (κ3) is 6.96. The second kappa shape index (κ2) is 14.0. The zero-order chi connectivity index (χ0) is 24.2. The Labute approximate surface area is 208 Å². The van der Waals surface area contributed by atoms with Crippen LogP contribution in [0.3, 0.4) is 0 Å². The summed E-state index contributed by atoms with van der Waals surface area (Å²) in [7, 11) is 0. The lowest BCUT2D eigenvalue weighted by atomic mass is 9.75. The first-order chi connectivity index (χ1) is 16.7. The van der Waals surface area contributed by atoms with Crippen LogP contribution in [0, 0.1) is 28.6 Å². The van der Waals surface area contributed by atoms with E-state index in [1.807, 2.05) is 0 Å². The van der Waals surface area contributed by atoms with Gasteiger partial charge in [0.15, 0.2) is 0 Å². The Hall–Kier alpha value is -2.58. The minimum atomic E-state index is 0.410. The van der Waals surface area contributed by atoms with Crippen molar-refractivity contribution in [2.45, 2.75) is 110 Å². The van der Waals surface area contributed by atoms with Crippen molar-refractivity contribution in [3.63, 3.8) is 0 Å². The fraction of sp³-hybridized carbons (Fsp3) is 0.562. The Bertz CT molecular complexity index is 966. The average Bonchev–Trinajstić information content (AvgIpc) is 2.88. The van der Waals surface area contributed by atoms with E-state index in [1.54, 1.807) is 0 Å². The van der Waals surface area contributed by atoms with Gasteiger partial charge in [-0.3, -0.25) is 0 Å². The van der Waals surface area contributed by atoms with Crippen molar-refractivity contribution in [1.82, 2.24) is 0 Å². The normalized spacial score (nSPS) is 17.8. The molecule has 2 nitrogen and oxygen atoms in total. The molecule has 0 amide bonds. The monoisotopic (exact) mass is 454 g/mol. The predicted octanol–water partition coefficient (Wildman–Crippen LogP) is 9.46. The molecule has 1 aliphatic rings. The molecular formula is C32H42N2. The summed E-state index contributed by atoms with van der Waals surface area (Å²) in [6.45, 7) is 4.51. The summed E-state index contributed by atoms with van der Waals surface area (Å²) in [6, 6.07) is 17.6. The van der Waals surface area contributed by atoms with Gasteiger partial charge in [-0.15, -0.1) is 0 Å². The molecule has 0 saturated heterocycles. The number of aryl methyl sites for hydroxylation is 1. The molecule has 1 aliphatic carbocycles. The summed E-state index contributed by atoms with van der Waals surface area (Å²) in [4.78, 5) is 0. The first-order valence-electron chi connectivity index (χ1n) is 13.8. The van der Waals surface area contributed by atoms with E-state index in [1.165, 1.54) is 76.2 Å². The van der Waals surface area contributed by atoms with Crippen molar-refractivity contribution in [3.05, 3.63) is 58.7 Å². The summed E-state index contributed by atoms with van der Waals surface area (Å²) in [5.74, 6) is 1.25. The Morgan fingerprint density at radius 1 is 0.706 bits per heavy atom. The first kappa shape index (κ1) is 26.0. The van der Waals surface area contributed by atoms with E-state index in [0.29, 0.717) is 17.0 Å². The average molecular weight is 455 g/mol. The number of nitriles is 2. The standard InChI is InChI=1S/C32H42N2/c1-3-5-7-8-10-12-26-15-19-28(20-16-26)30-22-21-29(31(23-33)32(30)24-34)27-17-13-25(14-18-27)11-9-6-4-2/h15-16,19-22,25,27H,3-14,17-18H2,1-2H3/t25-,27-. The number of unbranched alkanes of at least 4 members (excludes halogenated alkanes) is 6. The molecule has 34 heavy (non-hydrogen) atoms. The SMILES string of the molecule is CCCCCCCc1ccc(-c2ccc([C@H]3CC[C@H](CCCCC)CC3)c(C#N)c2C#N)cc1.